The average molecular weight is 908 g/mol. The Kier molecular flexibility index (Phi) is 8.45. The number of hydrogen-bond acceptors (Lipinski definition) is 3. The number of pyridine rings is 1. The predicted octanol–water partition coefficient (Wildman–Crippen LogP) is 12.2. The zero-order valence-electron chi connectivity index (χ0n) is 32.7. The SMILES string of the molecule is CC(C)(C)c1ccnc(-n2c3[c-]c(C4(c5[c-]c(N6CN(C(C)(C)C)c7ccccc76)ccc5)c5ccccc5-c5ccccc54)ccc3c3ccccc32)c1.[Pt+2]. The summed E-state index contributed by atoms with van der Waals surface area (Å²) in [4.78, 5) is 9.90. The minimum atomic E-state index is -0.678. The van der Waals surface area contributed by atoms with E-state index in [1.54, 1.807) is 0 Å². The van der Waals surface area contributed by atoms with Crippen molar-refractivity contribution in [2.45, 2.75) is 57.9 Å². The van der Waals surface area contributed by atoms with E-state index in [9.17, 15) is 0 Å². The van der Waals surface area contributed by atoms with E-state index in [1.807, 2.05) is 6.20 Å². The van der Waals surface area contributed by atoms with Crippen LogP contribution in [0.5, 0.6) is 0 Å². The molecule has 3 heterocycles. The number of nitrogens with zero attached hydrogens (tertiary/aromatic N) is 4. The fourth-order valence-electron chi connectivity index (χ4n) is 9.14. The summed E-state index contributed by atoms with van der Waals surface area (Å²) >= 11 is 0. The van der Waals surface area contributed by atoms with Crippen molar-refractivity contribution in [3.8, 4) is 16.9 Å². The first kappa shape index (κ1) is 36.2. The molecule has 56 heavy (non-hydrogen) atoms. The van der Waals surface area contributed by atoms with Crippen LogP contribution in [0, 0.1) is 12.1 Å². The van der Waals surface area contributed by atoms with Crippen molar-refractivity contribution in [1.82, 2.24) is 9.55 Å². The van der Waals surface area contributed by atoms with E-state index < -0.39 is 5.41 Å². The van der Waals surface area contributed by atoms with E-state index in [-0.39, 0.29) is 32.0 Å². The molecular weight excluding hydrogens is 864 g/mol. The summed E-state index contributed by atoms with van der Waals surface area (Å²) in [6.07, 6.45) is 1.95. The summed E-state index contributed by atoms with van der Waals surface area (Å²) in [5, 5.41) is 2.35. The molecule has 5 heteroatoms. The van der Waals surface area contributed by atoms with Crippen LogP contribution in [0.2, 0.25) is 0 Å². The summed E-state index contributed by atoms with van der Waals surface area (Å²) in [6, 6.07) is 59.2. The van der Waals surface area contributed by atoms with Crippen LogP contribution >= 0.6 is 0 Å². The maximum Gasteiger partial charge on any atom is 2.00 e. The van der Waals surface area contributed by atoms with Gasteiger partial charge in [0, 0.05) is 22.7 Å². The van der Waals surface area contributed by atoms with Crippen molar-refractivity contribution in [1.29, 1.82) is 0 Å². The summed E-state index contributed by atoms with van der Waals surface area (Å²) < 4.78 is 2.31. The fraction of sp³-hybridized carbons (Fsp3) is 0.196. The molecule has 0 saturated heterocycles. The molecule has 278 valence electrons. The summed E-state index contributed by atoms with van der Waals surface area (Å²) in [5.41, 5.74) is 13.3. The molecule has 0 fully saturated rings. The topological polar surface area (TPSA) is 24.3 Å². The molecule has 0 amide bonds. The Balaban J connectivity index is 0.00000410. The van der Waals surface area contributed by atoms with Crippen LogP contribution in [-0.2, 0) is 31.9 Å². The Labute approximate surface area is 344 Å². The van der Waals surface area contributed by atoms with Crippen molar-refractivity contribution in [3.05, 3.63) is 186 Å². The quantitative estimate of drug-likeness (QED) is 0.164. The van der Waals surface area contributed by atoms with Crippen LogP contribution in [0.3, 0.4) is 0 Å². The molecule has 1 aliphatic carbocycles. The smallest absolute Gasteiger partial charge is 0.347 e. The van der Waals surface area contributed by atoms with Gasteiger partial charge in [0.2, 0.25) is 0 Å². The summed E-state index contributed by atoms with van der Waals surface area (Å²) in [6.45, 7) is 14.4. The van der Waals surface area contributed by atoms with Gasteiger partial charge in [-0.2, -0.15) is 36.4 Å². The van der Waals surface area contributed by atoms with Crippen molar-refractivity contribution < 1.29 is 21.1 Å². The molecule has 0 radical (unpaired) electrons. The molecule has 1 aliphatic heterocycles. The fourth-order valence-corrected chi connectivity index (χ4v) is 9.14. The van der Waals surface area contributed by atoms with Gasteiger partial charge in [-0.25, -0.2) is 4.98 Å². The second-order valence-electron chi connectivity index (χ2n) is 17.1. The molecule has 10 rings (SSSR count). The van der Waals surface area contributed by atoms with Crippen molar-refractivity contribution in [2.24, 2.45) is 0 Å². The number of rotatable bonds is 4. The van der Waals surface area contributed by atoms with Gasteiger partial charge in [0.1, 0.15) is 5.82 Å². The van der Waals surface area contributed by atoms with E-state index in [4.69, 9.17) is 4.98 Å². The van der Waals surface area contributed by atoms with Gasteiger partial charge in [-0.3, -0.25) is 0 Å². The third kappa shape index (κ3) is 5.33. The van der Waals surface area contributed by atoms with Gasteiger partial charge in [-0.15, -0.1) is 22.6 Å². The van der Waals surface area contributed by atoms with Gasteiger partial charge >= 0.3 is 21.1 Å². The van der Waals surface area contributed by atoms with Gasteiger partial charge in [0.05, 0.1) is 18.0 Å². The molecule has 0 atom stereocenters. The van der Waals surface area contributed by atoms with Crippen molar-refractivity contribution in [3.63, 3.8) is 0 Å². The van der Waals surface area contributed by atoms with E-state index in [2.05, 4.69) is 208 Å². The number of fused-ring (bicyclic) bond motifs is 7. The molecule has 0 unspecified atom stereocenters. The van der Waals surface area contributed by atoms with Gasteiger partial charge in [0.25, 0.3) is 0 Å². The van der Waals surface area contributed by atoms with E-state index in [0.29, 0.717) is 0 Å². The molecule has 0 N–H and O–H groups in total. The van der Waals surface area contributed by atoms with Crippen LogP contribution in [0.15, 0.2) is 146 Å². The monoisotopic (exact) mass is 907 g/mol. The van der Waals surface area contributed by atoms with Crippen LogP contribution in [0.4, 0.5) is 17.1 Å². The van der Waals surface area contributed by atoms with E-state index >= 15 is 0 Å². The second-order valence-corrected chi connectivity index (χ2v) is 17.1. The Morgan fingerprint density at radius 3 is 1.96 bits per heavy atom. The van der Waals surface area contributed by atoms with Gasteiger partial charge in [-0.1, -0.05) is 111 Å². The Morgan fingerprint density at radius 2 is 1.25 bits per heavy atom. The Bertz CT molecular complexity index is 2750. The molecule has 4 nitrogen and oxygen atoms in total. The minimum Gasteiger partial charge on any atom is -0.347 e. The standard InChI is InChI=1S/C51H44N4.Pt/c1-49(2,3)34-28-29-52-48(32-34)55-44-23-12-9-20-40(44)41-27-26-36(31-47(41)55)51(42-21-10-7-18-38(42)39-19-8-11-22-43(39)51)35-16-15-17-37(30-35)53-33-54(50(4,5)6)46-25-14-13-24-45(46)53;/h7-29,32H,33H2,1-6H3;/q-2;+2. The first-order valence-corrected chi connectivity index (χ1v) is 19.3. The number of hydrogen-bond donors (Lipinski definition) is 0. The van der Waals surface area contributed by atoms with Crippen LogP contribution < -0.4 is 9.80 Å². The van der Waals surface area contributed by atoms with Crippen LogP contribution in [-0.4, -0.2) is 21.8 Å². The molecule has 0 spiro atoms. The zero-order chi connectivity index (χ0) is 37.7. The maximum absolute atomic E-state index is 4.99. The average Bonchev–Trinajstić information content (AvgIpc) is 3.85. The first-order valence-electron chi connectivity index (χ1n) is 19.3. The molecule has 2 aliphatic rings. The normalized spacial score (nSPS) is 14.5. The number of aromatic nitrogens is 2. The Hall–Kier alpha value is -5.44. The molecule has 8 aromatic rings. The molecule has 0 saturated carbocycles. The van der Waals surface area contributed by atoms with E-state index in [0.717, 1.165) is 45.7 Å². The predicted molar refractivity (Wildman–Crippen MR) is 228 cm³/mol. The number of benzene rings is 6. The van der Waals surface area contributed by atoms with E-state index in [1.165, 1.54) is 44.6 Å². The summed E-state index contributed by atoms with van der Waals surface area (Å²) in [5.74, 6) is 0.901. The van der Waals surface area contributed by atoms with Gasteiger partial charge in [-0.05, 0) is 89.7 Å². The van der Waals surface area contributed by atoms with Crippen molar-refractivity contribution >= 4 is 38.9 Å². The number of para-hydroxylation sites is 3. The largest absolute Gasteiger partial charge is 2.00 e. The van der Waals surface area contributed by atoms with Gasteiger partial charge < -0.3 is 14.4 Å². The van der Waals surface area contributed by atoms with Crippen LogP contribution in [0.25, 0.3) is 38.8 Å². The number of anilines is 3. The molecule has 0 bridgehead atoms. The van der Waals surface area contributed by atoms with Gasteiger partial charge in [0.15, 0.2) is 0 Å². The molecule has 2 aromatic heterocycles. The maximum atomic E-state index is 4.99. The third-order valence-corrected chi connectivity index (χ3v) is 11.8. The molecular formula is C51H44N4Pt. The first-order chi connectivity index (χ1) is 26.5. The van der Waals surface area contributed by atoms with Crippen molar-refractivity contribution in [2.75, 3.05) is 16.5 Å². The second kappa shape index (κ2) is 13.1. The zero-order valence-corrected chi connectivity index (χ0v) is 34.9. The van der Waals surface area contributed by atoms with Crippen LogP contribution in [0.1, 0.15) is 69.4 Å². The summed E-state index contributed by atoms with van der Waals surface area (Å²) in [7, 11) is 0. The minimum absolute atomic E-state index is 0. The Morgan fingerprint density at radius 1 is 0.607 bits per heavy atom. The third-order valence-electron chi connectivity index (χ3n) is 11.8. The molecule has 6 aromatic carbocycles.